The normalized spacial score (nSPS) is 21.3. The number of hydrogen-bond donors (Lipinski definition) is 0. The minimum atomic E-state index is -2.58. The van der Waals surface area contributed by atoms with Crippen LogP contribution in [0.15, 0.2) is 53.7 Å². The van der Waals surface area contributed by atoms with Crippen LogP contribution in [0.3, 0.4) is 0 Å². The highest BCUT2D eigenvalue weighted by Gasteiger charge is 2.29. The van der Waals surface area contributed by atoms with Gasteiger partial charge in [-0.25, -0.2) is 12.9 Å². The number of piperidine rings is 1. The van der Waals surface area contributed by atoms with Crippen LogP contribution in [-0.2, 0) is 16.1 Å². The number of pyridine rings is 1. The number of halogens is 1. The summed E-state index contributed by atoms with van der Waals surface area (Å²) >= 11 is 0. The zero-order chi connectivity index (χ0) is 17.0. The molecule has 0 aliphatic carbocycles. The van der Waals surface area contributed by atoms with E-state index in [2.05, 4.69) is 16.9 Å². The summed E-state index contributed by atoms with van der Waals surface area (Å²) in [4.78, 5) is 4.76. The summed E-state index contributed by atoms with van der Waals surface area (Å²) in [6.45, 7) is 0.775. The Balaban J connectivity index is 1.77. The Bertz CT molecular complexity index is 760. The van der Waals surface area contributed by atoms with Crippen LogP contribution in [0.5, 0.6) is 0 Å². The van der Waals surface area contributed by atoms with E-state index >= 15 is 0 Å². The smallest absolute Gasteiger partial charge is 0.123 e. The van der Waals surface area contributed by atoms with Gasteiger partial charge in [0.2, 0.25) is 0 Å². The fraction of sp³-hybridized carbons (Fsp3) is 0.368. The second-order valence-electron chi connectivity index (χ2n) is 6.28. The molecule has 5 heteroatoms. The first-order chi connectivity index (χ1) is 11.6. The monoisotopic (exact) mass is 346 g/mol. The Labute approximate surface area is 143 Å². The quantitative estimate of drug-likeness (QED) is 0.774. The highest BCUT2D eigenvalue weighted by molar-refractivity contribution is 7.98. The van der Waals surface area contributed by atoms with Gasteiger partial charge >= 0.3 is 0 Å². The third kappa shape index (κ3) is 3.84. The number of aromatic nitrogens is 1. The fourth-order valence-electron chi connectivity index (χ4n) is 3.31. The van der Waals surface area contributed by atoms with Crippen molar-refractivity contribution in [2.45, 2.75) is 43.0 Å². The van der Waals surface area contributed by atoms with Gasteiger partial charge in [-0.1, -0.05) is 12.5 Å². The zero-order valence-corrected chi connectivity index (χ0v) is 14.6. The molecule has 1 aromatic carbocycles. The van der Waals surface area contributed by atoms with Crippen molar-refractivity contribution >= 4 is 15.6 Å². The highest BCUT2D eigenvalue weighted by Crippen LogP contribution is 2.28. The lowest BCUT2D eigenvalue weighted by Gasteiger charge is -2.37. The van der Waals surface area contributed by atoms with Gasteiger partial charge in [-0.15, -0.1) is 0 Å². The number of benzene rings is 1. The maximum Gasteiger partial charge on any atom is 0.123 e. The second-order valence-corrected chi connectivity index (χ2v) is 8.51. The maximum absolute atomic E-state index is 13.4. The van der Waals surface area contributed by atoms with Gasteiger partial charge in [0.05, 0.1) is 9.71 Å². The van der Waals surface area contributed by atoms with E-state index < -0.39 is 9.71 Å². The predicted molar refractivity (Wildman–Crippen MR) is 96.8 cm³/mol. The molecule has 1 saturated heterocycles. The van der Waals surface area contributed by atoms with Gasteiger partial charge in [-0.05, 0) is 67.4 Å². The van der Waals surface area contributed by atoms with Gasteiger partial charge in [-0.2, -0.15) is 0 Å². The lowest BCUT2D eigenvalue weighted by molar-refractivity contribution is 0.250. The van der Waals surface area contributed by atoms with E-state index in [1.807, 2.05) is 16.6 Å². The van der Waals surface area contributed by atoms with Crippen molar-refractivity contribution in [3.63, 3.8) is 0 Å². The van der Waals surface area contributed by atoms with E-state index in [-0.39, 0.29) is 11.9 Å². The number of aryl methyl sites for hydroxylation is 1. The van der Waals surface area contributed by atoms with Crippen molar-refractivity contribution in [2.24, 2.45) is 0 Å². The second kappa shape index (κ2) is 7.45. The van der Waals surface area contributed by atoms with E-state index in [0.717, 1.165) is 38.6 Å². The molecule has 1 aliphatic heterocycles. The van der Waals surface area contributed by atoms with Crippen LogP contribution in [0.25, 0.3) is 0 Å². The van der Waals surface area contributed by atoms with Crippen LogP contribution < -0.4 is 0 Å². The molecule has 128 valence electrons. The van der Waals surface area contributed by atoms with Crippen LogP contribution in [0, 0.1) is 5.82 Å². The van der Waals surface area contributed by atoms with Crippen molar-refractivity contribution in [3.8, 4) is 0 Å². The van der Waals surface area contributed by atoms with Crippen LogP contribution in [-0.4, -0.2) is 32.0 Å². The summed E-state index contributed by atoms with van der Waals surface area (Å²) in [5.74, 6) is 3.70. The van der Waals surface area contributed by atoms with Gasteiger partial charge in [0.1, 0.15) is 5.82 Å². The summed E-state index contributed by atoms with van der Waals surface area (Å²) < 4.78 is 28.6. The number of nitrogens with zero attached hydrogens (tertiary/aromatic N) is 2. The largest absolute Gasteiger partial charge is 0.264 e. The Kier molecular flexibility index (Phi) is 5.31. The summed E-state index contributed by atoms with van der Waals surface area (Å²) in [5.41, 5.74) is 1.19. The van der Waals surface area contributed by atoms with E-state index in [4.69, 9.17) is 0 Å². The van der Waals surface area contributed by atoms with Gasteiger partial charge in [0.25, 0.3) is 0 Å². The standard InChI is InChI=1S/C19H23FN2OS/c1-24(23,19-11-8-17(20)9-12-19)22-14-3-2-6-18(22)10-7-16-5-4-13-21-15-16/h4-5,8-9,11-13,15,18H,1-3,6-7,10,14H2. The summed E-state index contributed by atoms with van der Waals surface area (Å²) in [6.07, 6.45) is 8.69. The Morgan fingerprint density at radius 1 is 1.25 bits per heavy atom. The molecule has 0 bridgehead atoms. The molecule has 24 heavy (non-hydrogen) atoms. The Morgan fingerprint density at radius 3 is 2.75 bits per heavy atom. The van der Waals surface area contributed by atoms with Crippen molar-refractivity contribution in [1.29, 1.82) is 0 Å². The first-order valence-corrected chi connectivity index (χ1v) is 10.0. The van der Waals surface area contributed by atoms with Gasteiger partial charge in [0.15, 0.2) is 0 Å². The molecule has 0 saturated carbocycles. The molecule has 1 fully saturated rings. The van der Waals surface area contributed by atoms with Crippen LogP contribution in [0.2, 0.25) is 0 Å². The van der Waals surface area contributed by atoms with Crippen molar-refractivity contribution in [3.05, 3.63) is 60.2 Å². The first-order valence-electron chi connectivity index (χ1n) is 8.36. The summed E-state index contributed by atoms with van der Waals surface area (Å²) in [7, 11) is -2.58. The SMILES string of the molecule is C=S(=O)(c1ccc(F)cc1)N1CCCCC1CCc1cccnc1. The molecule has 1 aliphatic rings. The molecular formula is C19H23FN2OS. The van der Waals surface area contributed by atoms with Gasteiger partial charge in [0, 0.05) is 29.9 Å². The van der Waals surface area contributed by atoms with E-state index in [1.54, 1.807) is 18.3 Å². The minimum Gasteiger partial charge on any atom is -0.264 e. The average Bonchev–Trinajstić information content (AvgIpc) is 2.61. The molecule has 2 atom stereocenters. The minimum absolute atomic E-state index is 0.231. The predicted octanol–water partition coefficient (Wildman–Crippen LogP) is 3.70. The number of rotatable bonds is 5. The summed E-state index contributed by atoms with van der Waals surface area (Å²) in [5, 5.41) is 0. The molecule has 0 amide bonds. The first kappa shape index (κ1) is 17.1. The molecule has 0 radical (unpaired) electrons. The lowest BCUT2D eigenvalue weighted by atomic mass is 9.98. The lowest BCUT2D eigenvalue weighted by Crippen LogP contribution is -2.43. The molecule has 3 rings (SSSR count). The van der Waals surface area contributed by atoms with E-state index in [0.29, 0.717) is 4.90 Å². The highest BCUT2D eigenvalue weighted by atomic mass is 32.2. The molecule has 1 aromatic heterocycles. The summed E-state index contributed by atoms with van der Waals surface area (Å²) in [6, 6.07) is 10.1. The fourth-order valence-corrected chi connectivity index (χ4v) is 5.26. The van der Waals surface area contributed by atoms with Crippen LogP contribution in [0.1, 0.15) is 31.2 Å². The molecular weight excluding hydrogens is 323 g/mol. The van der Waals surface area contributed by atoms with Crippen molar-refractivity contribution < 1.29 is 8.60 Å². The Hall–Kier alpha value is -1.72. The van der Waals surface area contributed by atoms with Crippen LogP contribution in [0.4, 0.5) is 4.39 Å². The van der Waals surface area contributed by atoms with Crippen molar-refractivity contribution in [2.75, 3.05) is 6.54 Å². The Morgan fingerprint density at radius 2 is 2.04 bits per heavy atom. The average molecular weight is 346 g/mol. The molecule has 2 unspecified atom stereocenters. The van der Waals surface area contributed by atoms with Crippen molar-refractivity contribution in [1.82, 2.24) is 9.29 Å². The molecule has 0 spiro atoms. The maximum atomic E-state index is 13.4. The molecule has 2 aromatic rings. The van der Waals surface area contributed by atoms with E-state index in [1.165, 1.54) is 17.7 Å². The third-order valence-electron chi connectivity index (χ3n) is 4.62. The molecule has 3 nitrogen and oxygen atoms in total. The molecule has 2 heterocycles. The zero-order valence-electron chi connectivity index (χ0n) is 13.7. The van der Waals surface area contributed by atoms with Crippen LogP contribution >= 0.6 is 0 Å². The molecule has 0 N–H and O–H groups in total. The van der Waals surface area contributed by atoms with Gasteiger partial charge < -0.3 is 0 Å². The third-order valence-corrected chi connectivity index (χ3v) is 6.87. The van der Waals surface area contributed by atoms with E-state index in [9.17, 15) is 8.60 Å². The van der Waals surface area contributed by atoms with Gasteiger partial charge in [-0.3, -0.25) is 4.98 Å². The number of hydrogen-bond acceptors (Lipinski definition) is 2. The topological polar surface area (TPSA) is 33.2 Å².